The van der Waals surface area contributed by atoms with Crippen molar-refractivity contribution < 1.29 is 14.3 Å². The van der Waals surface area contributed by atoms with E-state index in [1.54, 1.807) is 13.2 Å². The van der Waals surface area contributed by atoms with E-state index in [0.717, 1.165) is 17.7 Å². The zero-order chi connectivity index (χ0) is 17.5. The van der Waals surface area contributed by atoms with Crippen molar-refractivity contribution in [3.63, 3.8) is 0 Å². The van der Waals surface area contributed by atoms with E-state index in [0.29, 0.717) is 30.6 Å². The molecular formula is C19H25N3O3. The second-order valence-corrected chi connectivity index (χ2v) is 6.25. The number of H-pyrrole nitrogens is 1. The maximum Gasteiger partial charge on any atom is 0.269 e. The van der Waals surface area contributed by atoms with Crippen LogP contribution in [0.15, 0.2) is 30.3 Å². The summed E-state index contributed by atoms with van der Waals surface area (Å²) < 4.78 is 11.1. The van der Waals surface area contributed by atoms with E-state index in [1.165, 1.54) is 25.7 Å². The lowest BCUT2D eigenvalue weighted by Gasteiger charge is -2.10. The number of amides is 1. The molecule has 0 radical (unpaired) electrons. The van der Waals surface area contributed by atoms with E-state index >= 15 is 0 Å². The standard InChI is InChI=1S/C19H25N3O3/c1-24-18-10-5-4-9-15(18)16-13-17(22-21-16)19(23)20-11-6-12-25-14-7-2-3-8-14/h4-5,9-10,13-14H,2-3,6-8,11-12H2,1H3,(H,20,23)(H,21,22). The first-order valence-electron chi connectivity index (χ1n) is 8.86. The zero-order valence-electron chi connectivity index (χ0n) is 14.6. The molecule has 0 bridgehead atoms. The number of para-hydroxylation sites is 1. The summed E-state index contributed by atoms with van der Waals surface area (Å²) in [6, 6.07) is 9.33. The van der Waals surface area contributed by atoms with Crippen LogP contribution in [0.4, 0.5) is 0 Å². The van der Waals surface area contributed by atoms with Gasteiger partial charge >= 0.3 is 0 Å². The third-order valence-electron chi connectivity index (χ3n) is 4.47. The highest BCUT2D eigenvalue weighted by Gasteiger charge is 2.15. The third-order valence-corrected chi connectivity index (χ3v) is 4.47. The number of benzene rings is 1. The minimum atomic E-state index is -0.158. The molecule has 3 rings (SSSR count). The smallest absolute Gasteiger partial charge is 0.269 e. The summed E-state index contributed by atoms with van der Waals surface area (Å²) in [6.45, 7) is 1.29. The highest BCUT2D eigenvalue weighted by Crippen LogP contribution is 2.28. The van der Waals surface area contributed by atoms with Gasteiger partial charge in [-0.15, -0.1) is 0 Å². The molecule has 2 aromatic rings. The Kier molecular flexibility index (Phi) is 6.06. The number of carbonyl (C=O) groups is 1. The van der Waals surface area contributed by atoms with Crippen molar-refractivity contribution in [2.45, 2.75) is 38.2 Å². The molecule has 1 aromatic carbocycles. The fourth-order valence-electron chi connectivity index (χ4n) is 3.11. The van der Waals surface area contributed by atoms with Crippen molar-refractivity contribution in [3.8, 4) is 17.0 Å². The van der Waals surface area contributed by atoms with Gasteiger partial charge in [-0.25, -0.2) is 0 Å². The molecule has 0 saturated heterocycles. The monoisotopic (exact) mass is 343 g/mol. The molecule has 6 nitrogen and oxygen atoms in total. The van der Waals surface area contributed by atoms with Crippen LogP contribution >= 0.6 is 0 Å². The largest absolute Gasteiger partial charge is 0.496 e. The average molecular weight is 343 g/mol. The van der Waals surface area contributed by atoms with Gasteiger partial charge in [-0.3, -0.25) is 9.89 Å². The Morgan fingerprint density at radius 3 is 2.92 bits per heavy atom. The quantitative estimate of drug-likeness (QED) is 0.722. The molecule has 6 heteroatoms. The molecule has 0 aliphatic heterocycles. The summed E-state index contributed by atoms with van der Waals surface area (Å²) in [5, 5.41) is 9.91. The van der Waals surface area contributed by atoms with Crippen LogP contribution in [0, 0.1) is 0 Å². The van der Waals surface area contributed by atoms with Crippen LogP contribution in [-0.4, -0.2) is 42.5 Å². The van der Waals surface area contributed by atoms with Crippen molar-refractivity contribution in [2.75, 3.05) is 20.3 Å². The lowest BCUT2D eigenvalue weighted by Crippen LogP contribution is -2.26. The topological polar surface area (TPSA) is 76.2 Å². The molecule has 134 valence electrons. The zero-order valence-corrected chi connectivity index (χ0v) is 14.6. The molecule has 1 amide bonds. The fraction of sp³-hybridized carbons (Fsp3) is 0.474. The van der Waals surface area contributed by atoms with Gasteiger partial charge < -0.3 is 14.8 Å². The van der Waals surface area contributed by atoms with Gasteiger partial charge in [0.1, 0.15) is 11.4 Å². The van der Waals surface area contributed by atoms with Gasteiger partial charge in [-0.2, -0.15) is 5.10 Å². The van der Waals surface area contributed by atoms with Crippen LogP contribution in [0.25, 0.3) is 11.3 Å². The van der Waals surface area contributed by atoms with Crippen LogP contribution in [0.5, 0.6) is 5.75 Å². The molecule has 1 aliphatic rings. The summed E-state index contributed by atoms with van der Waals surface area (Å²) in [6.07, 6.45) is 6.13. The number of rotatable bonds is 8. The van der Waals surface area contributed by atoms with Crippen molar-refractivity contribution in [3.05, 3.63) is 36.0 Å². The summed E-state index contributed by atoms with van der Waals surface area (Å²) >= 11 is 0. The molecule has 1 fully saturated rings. The maximum atomic E-state index is 12.2. The van der Waals surface area contributed by atoms with E-state index in [9.17, 15) is 4.79 Å². The number of nitrogens with zero attached hydrogens (tertiary/aromatic N) is 1. The van der Waals surface area contributed by atoms with Gasteiger partial charge in [0.25, 0.3) is 5.91 Å². The minimum Gasteiger partial charge on any atom is -0.496 e. The first-order valence-corrected chi connectivity index (χ1v) is 8.86. The maximum absolute atomic E-state index is 12.2. The minimum absolute atomic E-state index is 0.158. The summed E-state index contributed by atoms with van der Waals surface area (Å²) in [4.78, 5) is 12.2. The highest BCUT2D eigenvalue weighted by atomic mass is 16.5. The summed E-state index contributed by atoms with van der Waals surface area (Å²) in [5.41, 5.74) is 1.98. The number of nitrogens with one attached hydrogen (secondary N) is 2. The summed E-state index contributed by atoms with van der Waals surface area (Å²) in [5.74, 6) is 0.569. The van der Waals surface area contributed by atoms with Crippen molar-refractivity contribution in [1.82, 2.24) is 15.5 Å². The van der Waals surface area contributed by atoms with Gasteiger partial charge in [0.2, 0.25) is 0 Å². The predicted molar refractivity (Wildman–Crippen MR) is 95.7 cm³/mol. The van der Waals surface area contributed by atoms with E-state index in [2.05, 4.69) is 15.5 Å². The number of hydrogen-bond donors (Lipinski definition) is 2. The number of aromatic amines is 1. The number of carbonyl (C=O) groups excluding carboxylic acids is 1. The number of ether oxygens (including phenoxy) is 2. The van der Waals surface area contributed by atoms with Crippen LogP contribution in [0.1, 0.15) is 42.6 Å². The van der Waals surface area contributed by atoms with Crippen molar-refractivity contribution in [2.24, 2.45) is 0 Å². The lowest BCUT2D eigenvalue weighted by molar-refractivity contribution is 0.0565. The van der Waals surface area contributed by atoms with Gasteiger partial charge in [0.15, 0.2) is 0 Å². The Bertz CT molecular complexity index is 693. The van der Waals surface area contributed by atoms with Crippen LogP contribution in [0.3, 0.4) is 0 Å². The Morgan fingerprint density at radius 1 is 1.32 bits per heavy atom. The number of aromatic nitrogens is 2. The first-order chi connectivity index (χ1) is 12.3. The Labute approximate surface area is 147 Å². The van der Waals surface area contributed by atoms with E-state index in [1.807, 2.05) is 24.3 Å². The highest BCUT2D eigenvalue weighted by molar-refractivity contribution is 5.93. The van der Waals surface area contributed by atoms with E-state index in [4.69, 9.17) is 9.47 Å². The third kappa shape index (κ3) is 4.60. The molecule has 0 unspecified atom stereocenters. The molecule has 2 N–H and O–H groups in total. The van der Waals surface area contributed by atoms with Crippen molar-refractivity contribution >= 4 is 5.91 Å². The molecule has 1 heterocycles. The van der Waals surface area contributed by atoms with E-state index in [-0.39, 0.29) is 5.91 Å². The molecule has 0 atom stereocenters. The van der Waals surface area contributed by atoms with Crippen LogP contribution < -0.4 is 10.1 Å². The van der Waals surface area contributed by atoms with E-state index < -0.39 is 0 Å². The molecule has 1 aromatic heterocycles. The molecular weight excluding hydrogens is 318 g/mol. The molecule has 1 aliphatic carbocycles. The SMILES string of the molecule is COc1ccccc1-c1cc(C(=O)NCCCOC2CCCC2)[nH]n1. The lowest BCUT2D eigenvalue weighted by atomic mass is 10.1. The Balaban J connectivity index is 1.47. The van der Waals surface area contributed by atoms with Crippen molar-refractivity contribution in [1.29, 1.82) is 0 Å². The second kappa shape index (κ2) is 8.67. The second-order valence-electron chi connectivity index (χ2n) is 6.25. The van der Waals surface area contributed by atoms with Gasteiger partial charge in [-0.05, 0) is 37.5 Å². The molecule has 1 saturated carbocycles. The van der Waals surface area contributed by atoms with Gasteiger partial charge in [-0.1, -0.05) is 25.0 Å². The molecule has 25 heavy (non-hydrogen) atoms. The fourth-order valence-corrected chi connectivity index (χ4v) is 3.11. The average Bonchev–Trinajstić information content (AvgIpc) is 3.33. The summed E-state index contributed by atoms with van der Waals surface area (Å²) in [7, 11) is 1.62. The number of hydrogen-bond acceptors (Lipinski definition) is 4. The number of methoxy groups -OCH3 is 1. The van der Waals surface area contributed by atoms with Crippen LogP contribution in [0.2, 0.25) is 0 Å². The van der Waals surface area contributed by atoms with Crippen LogP contribution in [-0.2, 0) is 4.74 Å². The Hall–Kier alpha value is -2.34. The normalized spacial score (nSPS) is 14.6. The van der Waals surface area contributed by atoms with Gasteiger partial charge in [0.05, 0.1) is 18.9 Å². The predicted octanol–water partition coefficient (Wildman–Crippen LogP) is 3.16. The first kappa shape index (κ1) is 17.5. The van der Waals surface area contributed by atoms with Gasteiger partial charge in [0, 0.05) is 18.7 Å². The molecule has 0 spiro atoms. The Morgan fingerprint density at radius 2 is 2.12 bits per heavy atom.